The normalized spacial score (nSPS) is 22.9. The van der Waals surface area contributed by atoms with Gasteiger partial charge in [-0.1, -0.05) is 11.6 Å². The summed E-state index contributed by atoms with van der Waals surface area (Å²) >= 11 is 6.86. The molecule has 3 fully saturated rings. The minimum Gasteiger partial charge on any atom is -0.466 e. The van der Waals surface area contributed by atoms with E-state index in [1.54, 1.807) is 13.1 Å². The molecular formula is C25H23ClF2N6O2S. The molecule has 3 aliphatic carbocycles. The van der Waals surface area contributed by atoms with Gasteiger partial charge in [-0.3, -0.25) is 4.79 Å². The summed E-state index contributed by atoms with van der Waals surface area (Å²) in [4.78, 5) is 33.8. The van der Waals surface area contributed by atoms with Crippen LogP contribution in [0.25, 0.3) is 33.1 Å². The number of H-pyrrole nitrogens is 1. The number of fused-ring (bicyclic) bond motifs is 4. The molecule has 12 heteroatoms. The SMILES string of the molecule is CCOC(=O)[C@H]1C2CCC(CC2)[C@@H]1Nc1nc(-c2c[nH]c3ncc(Cl)nc23)nc(-c2ccc(F)s2)c1F. The Hall–Kier alpha value is -3.18. The van der Waals surface area contributed by atoms with E-state index in [-0.39, 0.29) is 52.9 Å². The molecule has 0 radical (unpaired) electrons. The fourth-order valence-electron chi connectivity index (χ4n) is 5.70. The van der Waals surface area contributed by atoms with Gasteiger partial charge in [-0.25, -0.2) is 24.3 Å². The van der Waals surface area contributed by atoms with Crippen molar-refractivity contribution in [2.24, 2.45) is 17.8 Å². The highest BCUT2D eigenvalue weighted by Crippen LogP contribution is 2.47. The first-order valence-corrected chi connectivity index (χ1v) is 13.4. The third-order valence-electron chi connectivity index (χ3n) is 7.33. The van der Waals surface area contributed by atoms with Crippen LogP contribution in [0.15, 0.2) is 24.5 Å². The Bertz CT molecular complexity index is 1490. The highest BCUT2D eigenvalue weighted by atomic mass is 35.5. The van der Waals surface area contributed by atoms with Crippen LogP contribution in [-0.4, -0.2) is 43.5 Å². The summed E-state index contributed by atoms with van der Waals surface area (Å²) in [5.41, 5.74) is 1.32. The minimum atomic E-state index is -0.710. The average molecular weight is 545 g/mol. The van der Waals surface area contributed by atoms with E-state index >= 15 is 4.39 Å². The monoisotopic (exact) mass is 544 g/mol. The number of aromatic nitrogens is 5. The van der Waals surface area contributed by atoms with Crippen molar-refractivity contribution in [2.45, 2.75) is 38.6 Å². The number of carbonyl (C=O) groups is 1. The zero-order valence-corrected chi connectivity index (χ0v) is 21.4. The van der Waals surface area contributed by atoms with Crippen LogP contribution in [0.3, 0.4) is 0 Å². The van der Waals surface area contributed by atoms with Gasteiger partial charge in [0, 0.05) is 12.2 Å². The molecule has 2 bridgehead atoms. The summed E-state index contributed by atoms with van der Waals surface area (Å²) in [6.45, 7) is 2.06. The number of halogens is 3. The molecule has 2 N–H and O–H groups in total. The zero-order valence-electron chi connectivity index (χ0n) is 19.8. The molecule has 3 saturated carbocycles. The number of aromatic amines is 1. The Kier molecular flexibility index (Phi) is 6.28. The first-order chi connectivity index (χ1) is 17.9. The minimum absolute atomic E-state index is 0.0422. The molecule has 8 nitrogen and oxygen atoms in total. The van der Waals surface area contributed by atoms with Crippen LogP contribution in [0.4, 0.5) is 14.6 Å². The number of hydrogen-bond acceptors (Lipinski definition) is 8. The quantitative estimate of drug-likeness (QED) is 0.293. The molecule has 0 aromatic carbocycles. The van der Waals surface area contributed by atoms with E-state index in [0.29, 0.717) is 21.6 Å². The first kappa shape index (κ1) is 24.2. The van der Waals surface area contributed by atoms with E-state index in [0.717, 1.165) is 37.0 Å². The molecule has 0 unspecified atom stereocenters. The van der Waals surface area contributed by atoms with E-state index in [1.165, 1.54) is 18.3 Å². The van der Waals surface area contributed by atoms with Crippen molar-refractivity contribution >= 4 is 45.9 Å². The van der Waals surface area contributed by atoms with Crippen molar-refractivity contribution in [3.05, 3.63) is 40.6 Å². The van der Waals surface area contributed by atoms with Gasteiger partial charge >= 0.3 is 5.97 Å². The molecule has 192 valence electrons. The number of hydrogen-bond donors (Lipinski definition) is 2. The number of anilines is 1. The predicted molar refractivity (Wildman–Crippen MR) is 136 cm³/mol. The van der Waals surface area contributed by atoms with Crippen LogP contribution < -0.4 is 5.32 Å². The number of thiophene rings is 1. The molecule has 0 aliphatic heterocycles. The largest absolute Gasteiger partial charge is 0.466 e. The molecule has 4 heterocycles. The zero-order chi connectivity index (χ0) is 25.7. The van der Waals surface area contributed by atoms with Crippen molar-refractivity contribution in [3.8, 4) is 22.0 Å². The lowest BCUT2D eigenvalue weighted by atomic mass is 9.61. The fraction of sp³-hybridized carbons (Fsp3) is 0.400. The Labute approximate surface area is 219 Å². The topological polar surface area (TPSA) is 106 Å². The number of nitrogens with one attached hydrogen (secondary N) is 2. The van der Waals surface area contributed by atoms with E-state index in [4.69, 9.17) is 16.3 Å². The van der Waals surface area contributed by atoms with Crippen molar-refractivity contribution in [2.75, 3.05) is 11.9 Å². The second-order valence-electron chi connectivity index (χ2n) is 9.38. The predicted octanol–water partition coefficient (Wildman–Crippen LogP) is 5.85. The lowest BCUT2D eigenvalue weighted by molar-refractivity contribution is -0.154. The van der Waals surface area contributed by atoms with E-state index in [2.05, 4.69) is 30.2 Å². The molecule has 0 saturated heterocycles. The van der Waals surface area contributed by atoms with Gasteiger partial charge in [-0.15, -0.1) is 11.3 Å². The maximum absolute atomic E-state index is 16.0. The summed E-state index contributed by atoms with van der Waals surface area (Å²) in [6, 6.07) is 2.41. The smallest absolute Gasteiger partial charge is 0.311 e. The Balaban J connectivity index is 1.47. The molecule has 4 aromatic heterocycles. The van der Waals surface area contributed by atoms with Crippen molar-refractivity contribution in [1.82, 2.24) is 24.9 Å². The van der Waals surface area contributed by atoms with Crippen LogP contribution in [0.2, 0.25) is 5.15 Å². The van der Waals surface area contributed by atoms with E-state index in [9.17, 15) is 9.18 Å². The second-order valence-corrected chi connectivity index (χ2v) is 10.8. The third kappa shape index (κ3) is 4.33. The summed E-state index contributed by atoms with van der Waals surface area (Å²) in [6.07, 6.45) is 6.81. The van der Waals surface area contributed by atoms with Gasteiger partial charge in [0.25, 0.3) is 0 Å². The highest BCUT2D eigenvalue weighted by molar-refractivity contribution is 7.13. The van der Waals surface area contributed by atoms with Crippen LogP contribution in [0, 0.1) is 28.7 Å². The van der Waals surface area contributed by atoms with E-state index in [1.807, 2.05) is 0 Å². The van der Waals surface area contributed by atoms with Crippen molar-refractivity contribution in [1.29, 1.82) is 0 Å². The van der Waals surface area contributed by atoms with Crippen LogP contribution in [-0.2, 0) is 9.53 Å². The Morgan fingerprint density at radius 1 is 1.19 bits per heavy atom. The van der Waals surface area contributed by atoms with Crippen LogP contribution in [0.5, 0.6) is 0 Å². The standard InChI is InChI=1S/C25H23ClF2N6O2S/c1-2-36-25(35)17-11-3-5-12(6-4-11)19(17)32-23-18(28)21(14-7-8-16(27)37-14)33-22(34-23)13-9-29-24-20(13)31-15(26)10-30-24/h7-12,17,19H,2-6H2,1H3,(H,29,30)(H,32,33,34)/t11?,12?,17-,19-/m0/s1. The first-order valence-electron chi connectivity index (χ1n) is 12.2. The highest BCUT2D eigenvalue weighted by Gasteiger charge is 2.48. The van der Waals surface area contributed by atoms with Gasteiger partial charge in [0.15, 0.2) is 28.2 Å². The number of ether oxygens (including phenoxy) is 1. The molecule has 2 atom stereocenters. The van der Waals surface area contributed by atoms with E-state index < -0.39 is 16.9 Å². The molecular weight excluding hydrogens is 522 g/mol. The van der Waals surface area contributed by atoms with Gasteiger partial charge in [0.05, 0.1) is 29.2 Å². The van der Waals surface area contributed by atoms with Gasteiger partial charge < -0.3 is 15.0 Å². The number of carbonyl (C=O) groups excluding carboxylic acids is 1. The summed E-state index contributed by atoms with van der Waals surface area (Å²) in [5.74, 6) is -0.912. The Morgan fingerprint density at radius 2 is 1.97 bits per heavy atom. The summed E-state index contributed by atoms with van der Waals surface area (Å²) < 4.78 is 35.3. The maximum Gasteiger partial charge on any atom is 0.311 e. The average Bonchev–Trinajstić information content (AvgIpc) is 3.52. The van der Waals surface area contributed by atoms with Crippen molar-refractivity contribution in [3.63, 3.8) is 0 Å². The lowest BCUT2D eigenvalue weighted by Gasteiger charge is -2.47. The number of rotatable bonds is 6. The molecule has 37 heavy (non-hydrogen) atoms. The number of nitrogens with zero attached hydrogens (tertiary/aromatic N) is 4. The van der Waals surface area contributed by atoms with Gasteiger partial charge in [0.1, 0.15) is 16.4 Å². The third-order valence-corrected chi connectivity index (χ3v) is 8.39. The second kappa shape index (κ2) is 9.60. The molecule has 7 rings (SSSR count). The Morgan fingerprint density at radius 3 is 2.70 bits per heavy atom. The van der Waals surface area contributed by atoms with Crippen LogP contribution >= 0.6 is 22.9 Å². The van der Waals surface area contributed by atoms with Gasteiger partial charge in [-0.2, -0.15) is 4.39 Å². The summed E-state index contributed by atoms with van der Waals surface area (Å²) in [7, 11) is 0. The van der Waals surface area contributed by atoms with Gasteiger partial charge in [0.2, 0.25) is 0 Å². The lowest BCUT2D eigenvalue weighted by Crippen LogP contribution is -2.52. The van der Waals surface area contributed by atoms with Crippen LogP contribution in [0.1, 0.15) is 32.6 Å². The summed E-state index contributed by atoms with van der Waals surface area (Å²) in [5, 5.41) is 2.99. The number of esters is 1. The van der Waals surface area contributed by atoms with Gasteiger partial charge in [-0.05, 0) is 56.6 Å². The molecule has 0 spiro atoms. The fourth-order valence-corrected chi connectivity index (χ4v) is 6.55. The maximum atomic E-state index is 16.0. The van der Waals surface area contributed by atoms with Crippen molar-refractivity contribution < 1.29 is 18.3 Å². The molecule has 4 aromatic rings. The molecule has 0 amide bonds. The molecule has 3 aliphatic rings.